The first-order chi connectivity index (χ1) is 9.61. The highest BCUT2D eigenvalue weighted by Crippen LogP contribution is 2.40. The molecular weight excluding hydrogens is 272 g/mol. The second kappa shape index (κ2) is 5.05. The zero-order valence-corrected chi connectivity index (χ0v) is 12.8. The molecule has 0 fully saturated rings. The van der Waals surface area contributed by atoms with E-state index in [9.17, 15) is 4.79 Å². The van der Waals surface area contributed by atoms with Gasteiger partial charge in [-0.1, -0.05) is 6.92 Å². The number of carbonyl (C=O) groups is 1. The Bertz CT molecular complexity index is 670. The molecule has 2 aromatic rings. The summed E-state index contributed by atoms with van der Waals surface area (Å²) in [6.07, 6.45) is 2.73. The van der Waals surface area contributed by atoms with Crippen molar-refractivity contribution in [2.24, 2.45) is 0 Å². The normalized spacial score (nSPS) is 12.9. The second-order valence-electron chi connectivity index (χ2n) is 5.11. The number of hydrogen-bond acceptors (Lipinski definition) is 4. The monoisotopic (exact) mass is 290 g/mol. The number of nitrogens with zero attached hydrogens (tertiary/aromatic N) is 1. The van der Waals surface area contributed by atoms with Gasteiger partial charge in [-0.2, -0.15) is 0 Å². The summed E-state index contributed by atoms with van der Waals surface area (Å²) in [5.74, 6) is 1.23. The van der Waals surface area contributed by atoms with Gasteiger partial charge in [-0.3, -0.25) is 4.79 Å². The van der Waals surface area contributed by atoms with Crippen LogP contribution in [0.1, 0.15) is 45.1 Å². The van der Waals surface area contributed by atoms with Crippen LogP contribution in [0.2, 0.25) is 0 Å². The Morgan fingerprint density at radius 2 is 2.20 bits per heavy atom. The first-order valence-corrected chi connectivity index (χ1v) is 7.80. The highest BCUT2D eigenvalue weighted by atomic mass is 32.1. The lowest BCUT2D eigenvalue weighted by Crippen LogP contribution is -2.24. The highest BCUT2D eigenvalue weighted by Gasteiger charge is 2.29. The van der Waals surface area contributed by atoms with Crippen molar-refractivity contribution >= 4 is 17.2 Å². The van der Waals surface area contributed by atoms with E-state index < -0.39 is 0 Å². The van der Waals surface area contributed by atoms with E-state index in [4.69, 9.17) is 4.42 Å². The van der Waals surface area contributed by atoms with Crippen molar-refractivity contribution in [3.05, 3.63) is 27.0 Å². The summed E-state index contributed by atoms with van der Waals surface area (Å²) in [6, 6.07) is 0. The van der Waals surface area contributed by atoms with E-state index in [-0.39, 0.29) is 5.91 Å². The Labute approximate surface area is 122 Å². The number of carbonyl (C=O) groups excluding carboxylic acids is 1. The molecule has 0 saturated carbocycles. The molecule has 2 heterocycles. The van der Waals surface area contributed by atoms with Gasteiger partial charge >= 0.3 is 0 Å². The van der Waals surface area contributed by atoms with Crippen molar-refractivity contribution in [1.82, 2.24) is 10.3 Å². The summed E-state index contributed by atoms with van der Waals surface area (Å²) in [4.78, 5) is 18.1. The molecule has 0 bridgehead atoms. The van der Waals surface area contributed by atoms with Crippen LogP contribution in [0.4, 0.5) is 0 Å². The number of hydrogen-bond donors (Lipinski definition) is 1. The van der Waals surface area contributed by atoms with Crippen LogP contribution in [0, 0.1) is 13.8 Å². The molecule has 106 valence electrons. The smallest absolute Gasteiger partial charge is 0.287 e. The number of furan rings is 1. The van der Waals surface area contributed by atoms with Crippen molar-refractivity contribution in [2.75, 3.05) is 6.54 Å². The van der Waals surface area contributed by atoms with Crippen LogP contribution < -0.4 is 5.32 Å². The third-order valence-corrected chi connectivity index (χ3v) is 4.61. The number of fused-ring (bicyclic) bond motifs is 3. The first kappa shape index (κ1) is 13.4. The number of rotatable bonds is 3. The summed E-state index contributed by atoms with van der Waals surface area (Å²) in [6.45, 7) is 6.68. The molecule has 2 aromatic heterocycles. The summed E-state index contributed by atoms with van der Waals surface area (Å²) >= 11 is 1.74. The predicted octanol–water partition coefficient (Wildman–Crippen LogP) is 3.26. The Morgan fingerprint density at radius 3 is 2.95 bits per heavy atom. The first-order valence-electron chi connectivity index (χ1n) is 6.99. The second-order valence-corrected chi connectivity index (χ2v) is 6.40. The summed E-state index contributed by atoms with van der Waals surface area (Å²) in [5.41, 5.74) is 2.97. The van der Waals surface area contributed by atoms with Crippen molar-refractivity contribution in [2.45, 2.75) is 40.0 Å². The van der Waals surface area contributed by atoms with Crippen LogP contribution in [-0.2, 0) is 12.8 Å². The van der Waals surface area contributed by atoms with Crippen LogP contribution >= 0.6 is 11.3 Å². The third-order valence-electron chi connectivity index (χ3n) is 3.58. The minimum atomic E-state index is -0.118. The third kappa shape index (κ3) is 2.06. The van der Waals surface area contributed by atoms with E-state index in [0.717, 1.165) is 46.9 Å². The van der Waals surface area contributed by atoms with Crippen LogP contribution in [0.25, 0.3) is 11.3 Å². The average molecular weight is 290 g/mol. The maximum Gasteiger partial charge on any atom is 0.287 e. The van der Waals surface area contributed by atoms with E-state index in [1.165, 1.54) is 4.88 Å². The molecule has 1 amide bonds. The molecule has 0 aliphatic heterocycles. The fourth-order valence-corrected chi connectivity index (χ4v) is 3.60. The molecule has 0 unspecified atom stereocenters. The molecule has 0 spiro atoms. The van der Waals surface area contributed by atoms with Gasteiger partial charge < -0.3 is 9.73 Å². The quantitative estimate of drug-likeness (QED) is 0.944. The van der Waals surface area contributed by atoms with Crippen molar-refractivity contribution in [3.8, 4) is 11.3 Å². The molecule has 1 N–H and O–H groups in total. The molecule has 1 aliphatic carbocycles. The van der Waals surface area contributed by atoms with Crippen molar-refractivity contribution in [3.63, 3.8) is 0 Å². The van der Waals surface area contributed by atoms with E-state index >= 15 is 0 Å². The molecule has 3 rings (SSSR count). The van der Waals surface area contributed by atoms with E-state index in [1.807, 2.05) is 20.8 Å². The number of nitrogens with one attached hydrogen (secondary N) is 1. The fourth-order valence-electron chi connectivity index (χ4n) is 2.66. The lowest BCUT2D eigenvalue weighted by molar-refractivity contribution is 0.0923. The zero-order chi connectivity index (χ0) is 14.3. The Morgan fingerprint density at radius 1 is 1.40 bits per heavy atom. The number of aromatic nitrogens is 1. The summed E-state index contributed by atoms with van der Waals surface area (Å²) in [7, 11) is 0. The van der Waals surface area contributed by atoms with Gasteiger partial charge in [0.15, 0.2) is 5.76 Å². The topological polar surface area (TPSA) is 55.1 Å². The standard InChI is InChI=1S/C15H18N2O2S/c1-4-7-16-15(18)14-8(2)12-10(19-14)5-6-11-13(12)17-9(3)20-11/h4-7H2,1-3H3,(H,16,18). The van der Waals surface area contributed by atoms with Gasteiger partial charge in [0.05, 0.1) is 10.7 Å². The Hall–Kier alpha value is -1.62. The van der Waals surface area contributed by atoms with Gasteiger partial charge in [0, 0.05) is 29.0 Å². The molecule has 20 heavy (non-hydrogen) atoms. The summed E-state index contributed by atoms with van der Waals surface area (Å²) < 4.78 is 5.81. The molecule has 0 saturated heterocycles. The van der Waals surface area contributed by atoms with E-state index in [2.05, 4.69) is 10.3 Å². The molecule has 0 aromatic carbocycles. The number of amides is 1. The maximum absolute atomic E-state index is 12.1. The van der Waals surface area contributed by atoms with E-state index in [1.54, 1.807) is 11.3 Å². The van der Waals surface area contributed by atoms with Crippen LogP contribution in [0.15, 0.2) is 4.42 Å². The largest absolute Gasteiger partial charge is 0.455 e. The number of thiazole rings is 1. The fraction of sp³-hybridized carbons (Fsp3) is 0.467. The minimum Gasteiger partial charge on any atom is -0.455 e. The SMILES string of the molecule is CCCNC(=O)c1oc2c(c1C)-c1nc(C)sc1CC2. The maximum atomic E-state index is 12.1. The molecule has 0 radical (unpaired) electrons. The van der Waals surface area contributed by atoms with Crippen LogP contribution in [0.5, 0.6) is 0 Å². The van der Waals surface area contributed by atoms with Crippen molar-refractivity contribution in [1.29, 1.82) is 0 Å². The molecule has 5 heteroatoms. The lowest BCUT2D eigenvalue weighted by Gasteiger charge is -2.09. The van der Waals surface area contributed by atoms with Gasteiger partial charge in [0.1, 0.15) is 5.76 Å². The minimum absolute atomic E-state index is 0.118. The van der Waals surface area contributed by atoms with Gasteiger partial charge in [-0.15, -0.1) is 11.3 Å². The van der Waals surface area contributed by atoms with Crippen LogP contribution in [0.3, 0.4) is 0 Å². The molecule has 1 aliphatic rings. The Balaban J connectivity index is 2.03. The summed E-state index contributed by atoms with van der Waals surface area (Å²) in [5, 5.41) is 3.95. The van der Waals surface area contributed by atoms with Gasteiger partial charge in [-0.25, -0.2) is 4.98 Å². The Kier molecular flexibility index (Phi) is 3.38. The van der Waals surface area contributed by atoms with Crippen molar-refractivity contribution < 1.29 is 9.21 Å². The van der Waals surface area contributed by atoms with E-state index in [0.29, 0.717) is 12.3 Å². The van der Waals surface area contributed by atoms with Gasteiger partial charge in [0.25, 0.3) is 5.91 Å². The molecular formula is C15H18N2O2S. The molecule has 0 atom stereocenters. The highest BCUT2D eigenvalue weighted by molar-refractivity contribution is 7.12. The molecule has 4 nitrogen and oxygen atoms in total. The lowest BCUT2D eigenvalue weighted by atomic mass is 9.97. The predicted molar refractivity (Wildman–Crippen MR) is 79.3 cm³/mol. The van der Waals surface area contributed by atoms with Crippen LogP contribution in [-0.4, -0.2) is 17.4 Å². The average Bonchev–Trinajstić information content (AvgIpc) is 2.95. The van der Waals surface area contributed by atoms with Gasteiger partial charge in [0.2, 0.25) is 0 Å². The van der Waals surface area contributed by atoms with Gasteiger partial charge in [-0.05, 0) is 26.7 Å². The zero-order valence-electron chi connectivity index (χ0n) is 12.0. The number of aryl methyl sites for hydroxylation is 3.